The summed E-state index contributed by atoms with van der Waals surface area (Å²) in [6.45, 7) is -2.99. The normalized spacial score (nSPS) is 10.6. The van der Waals surface area contributed by atoms with Crippen LogP contribution < -0.4 is 9.47 Å². The zero-order chi connectivity index (χ0) is 18.9. The third-order valence-corrected chi connectivity index (χ3v) is 3.32. The van der Waals surface area contributed by atoms with Crippen molar-refractivity contribution in [2.75, 3.05) is 7.11 Å². The molecule has 0 radical (unpaired) electrons. The highest BCUT2D eigenvalue weighted by Crippen LogP contribution is 2.29. The van der Waals surface area contributed by atoms with Gasteiger partial charge in [0.15, 0.2) is 11.5 Å². The SMILES string of the molecule is COc1cc(/C=C/C(=O)OCc2ccccc2C#N)ccc1OC(F)F. The minimum Gasteiger partial charge on any atom is -0.493 e. The average Bonchev–Trinajstić information content (AvgIpc) is 2.65. The summed E-state index contributed by atoms with van der Waals surface area (Å²) < 4.78 is 39.0. The van der Waals surface area contributed by atoms with Crippen LogP contribution in [0.25, 0.3) is 6.08 Å². The number of halogens is 2. The highest BCUT2D eigenvalue weighted by Gasteiger charge is 2.10. The molecule has 0 N–H and O–H groups in total. The van der Waals surface area contributed by atoms with Crippen LogP contribution in [0.15, 0.2) is 48.5 Å². The Morgan fingerprint density at radius 1 is 1.23 bits per heavy atom. The molecule has 0 atom stereocenters. The van der Waals surface area contributed by atoms with E-state index < -0.39 is 12.6 Å². The topological polar surface area (TPSA) is 68.5 Å². The number of ether oxygens (including phenoxy) is 3. The van der Waals surface area contributed by atoms with Crippen LogP contribution in [0.1, 0.15) is 16.7 Å². The minimum atomic E-state index is -2.96. The molecule has 7 heteroatoms. The van der Waals surface area contributed by atoms with Gasteiger partial charge < -0.3 is 14.2 Å². The van der Waals surface area contributed by atoms with E-state index in [0.717, 1.165) is 0 Å². The number of methoxy groups -OCH3 is 1. The quantitative estimate of drug-likeness (QED) is 0.553. The standard InChI is InChI=1S/C19H15F2NO4/c1-24-17-10-13(6-8-16(17)26-19(20)21)7-9-18(23)25-12-15-5-3-2-4-14(15)11-22/h2-10,19H,12H2,1H3/b9-7+. The zero-order valence-electron chi connectivity index (χ0n) is 13.8. The molecular weight excluding hydrogens is 344 g/mol. The van der Waals surface area contributed by atoms with Crippen molar-refractivity contribution in [2.24, 2.45) is 0 Å². The summed E-state index contributed by atoms with van der Waals surface area (Å²) in [5.74, 6) is -0.594. The number of esters is 1. The van der Waals surface area contributed by atoms with Crippen molar-refractivity contribution in [3.63, 3.8) is 0 Å². The lowest BCUT2D eigenvalue weighted by Gasteiger charge is -2.10. The molecule has 0 spiro atoms. The molecule has 2 rings (SSSR count). The monoisotopic (exact) mass is 359 g/mol. The fourth-order valence-electron chi connectivity index (χ4n) is 2.10. The Bertz CT molecular complexity index is 844. The van der Waals surface area contributed by atoms with Crippen LogP contribution in [-0.2, 0) is 16.1 Å². The number of benzene rings is 2. The average molecular weight is 359 g/mol. The molecule has 5 nitrogen and oxygen atoms in total. The molecule has 0 unspecified atom stereocenters. The third-order valence-electron chi connectivity index (χ3n) is 3.32. The van der Waals surface area contributed by atoms with Gasteiger partial charge in [-0.2, -0.15) is 14.0 Å². The molecule has 2 aromatic carbocycles. The van der Waals surface area contributed by atoms with Crippen molar-refractivity contribution in [3.05, 3.63) is 65.2 Å². The second-order valence-corrected chi connectivity index (χ2v) is 5.00. The second kappa shape index (κ2) is 9.18. The lowest BCUT2D eigenvalue weighted by molar-refractivity contribution is -0.138. The van der Waals surface area contributed by atoms with E-state index in [1.807, 2.05) is 6.07 Å². The summed E-state index contributed by atoms with van der Waals surface area (Å²) in [6, 6.07) is 13.1. The van der Waals surface area contributed by atoms with Crippen molar-refractivity contribution >= 4 is 12.0 Å². The van der Waals surface area contributed by atoms with E-state index in [9.17, 15) is 13.6 Å². The van der Waals surface area contributed by atoms with E-state index in [4.69, 9.17) is 14.7 Å². The molecule has 0 saturated heterocycles. The molecule has 0 amide bonds. The first-order valence-corrected chi connectivity index (χ1v) is 7.49. The predicted octanol–water partition coefficient (Wildman–Crippen LogP) is 3.92. The molecular formula is C19H15F2NO4. The van der Waals surface area contributed by atoms with Crippen LogP contribution in [-0.4, -0.2) is 19.7 Å². The maximum Gasteiger partial charge on any atom is 0.387 e. The van der Waals surface area contributed by atoms with E-state index in [1.165, 1.54) is 37.5 Å². The van der Waals surface area contributed by atoms with Crippen LogP contribution >= 0.6 is 0 Å². The number of nitriles is 1. The predicted molar refractivity (Wildman–Crippen MR) is 89.6 cm³/mol. The van der Waals surface area contributed by atoms with Gasteiger partial charge in [0.2, 0.25) is 0 Å². The van der Waals surface area contributed by atoms with Gasteiger partial charge in [-0.3, -0.25) is 0 Å². The first-order chi connectivity index (χ1) is 12.5. The molecule has 0 aliphatic heterocycles. The van der Waals surface area contributed by atoms with Crippen molar-refractivity contribution in [3.8, 4) is 17.6 Å². The highest BCUT2D eigenvalue weighted by molar-refractivity contribution is 5.87. The van der Waals surface area contributed by atoms with Gasteiger partial charge in [0.05, 0.1) is 18.7 Å². The number of nitrogens with zero attached hydrogens (tertiary/aromatic N) is 1. The highest BCUT2D eigenvalue weighted by atomic mass is 19.3. The van der Waals surface area contributed by atoms with Crippen LogP contribution in [0.5, 0.6) is 11.5 Å². The number of rotatable bonds is 7. The maximum atomic E-state index is 12.3. The lowest BCUT2D eigenvalue weighted by Crippen LogP contribution is -2.03. The maximum absolute atomic E-state index is 12.3. The van der Waals surface area contributed by atoms with Gasteiger partial charge in [-0.25, -0.2) is 4.79 Å². The van der Waals surface area contributed by atoms with Crippen molar-refractivity contribution in [2.45, 2.75) is 13.2 Å². The van der Waals surface area contributed by atoms with Crippen molar-refractivity contribution in [1.29, 1.82) is 5.26 Å². The van der Waals surface area contributed by atoms with E-state index in [2.05, 4.69) is 4.74 Å². The summed E-state index contributed by atoms with van der Waals surface area (Å²) in [5.41, 5.74) is 1.58. The Hall–Kier alpha value is -3.40. The Kier molecular flexibility index (Phi) is 6.68. The number of hydrogen-bond donors (Lipinski definition) is 0. The Labute approximate surface area is 149 Å². The van der Waals surface area contributed by atoms with E-state index in [1.54, 1.807) is 24.3 Å². The molecule has 0 heterocycles. The van der Waals surface area contributed by atoms with Crippen LogP contribution in [0, 0.1) is 11.3 Å². The molecule has 26 heavy (non-hydrogen) atoms. The van der Waals surface area contributed by atoms with Gasteiger partial charge in [0.25, 0.3) is 0 Å². The number of alkyl halides is 2. The molecule has 0 fully saturated rings. The van der Waals surface area contributed by atoms with Gasteiger partial charge in [0.1, 0.15) is 6.61 Å². The van der Waals surface area contributed by atoms with Gasteiger partial charge in [0, 0.05) is 11.6 Å². The van der Waals surface area contributed by atoms with Crippen molar-refractivity contribution < 1.29 is 27.8 Å². The summed E-state index contributed by atoms with van der Waals surface area (Å²) in [6.07, 6.45) is 2.64. The molecule has 2 aromatic rings. The second-order valence-electron chi connectivity index (χ2n) is 5.00. The van der Waals surface area contributed by atoms with Crippen LogP contribution in [0.4, 0.5) is 8.78 Å². The van der Waals surface area contributed by atoms with Gasteiger partial charge in [-0.05, 0) is 29.8 Å². The zero-order valence-corrected chi connectivity index (χ0v) is 13.8. The third kappa shape index (κ3) is 5.31. The molecule has 134 valence electrons. The first-order valence-electron chi connectivity index (χ1n) is 7.49. The summed E-state index contributed by atoms with van der Waals surface area (Å²) in [4.78, 5) is 11.8. The Morgan fingerprint density at radius 2 is 2.00 bits per heavy atom. The van der Waals surface area contributed by atoms with Crippen LogP contribution in [0.2, 0.25) is 0 Å². The van der Waals surface area contributed by atoms with Gasteiger partial charge >= 0.3 is 12.6 Å². The number of carbonyl (C=O) groups excluding carboxylic acids is 1. The fourth-order valence-corrected chi connectivity index (χ4v) is 2.10. The first kappa shape index (κ1) is 18.9. The largest absolute Gasteiger partial charge is 0.493 e. The van der Waals surface area contributed by atoms with Gasteiger partial charge in [-0.1, -0.05) is 24.3 Å². The molecule has 0 aliphatic carbocycles. The number of carbonyl (C=O) groups is 1. The summed E-state index contributed by atoms with van der Waals surface area (Å²) in [7, 11) is 1.32. The summed E-state index contributed by atoms with van der Waals surface area (Å²) >= 11 is 0. The lowest BCUT2D eigenvalue weighted by atomic mass is 10.1. The van der Waals surface area contributed by atoms with Crippen molar-refractivity contribution in [1.82, 2.24) is 0 Å². The van der Waals surface area contributed by atoms with E-state index in [-0.39, 0.29) is 18.1 Å². The molecule has 0 saturated carbocycles. The Morgan fingerprint density at radius 3 is 2.69 bits per heavy atom. The smallest absolute Gasteiger partial charge is 0.387 e. The van der Waals surface area contributed by atoms with Crippen LogP contribution in [0.3, 0.4) is 0 Å². The Balaban J connectivity index is 2.00. The van der Waals surface area contributed by atoms with E-state index >= 15 is 0 Å². The molecule has 0 aliphatic rings. The number of hydrogen-bond acceptors (Lipinski definition) is 5. The van der Waals surface area contributed by atoms with E-state index in [0.29, 0.717) is 16.7 Å². The molecule has 0 bridgehead atoms. The minimum absolute atomic E-state index is 0.0304. The molecule has 0 aromatic heterocycles. The van der Waals surface area contributed by atoms with Gasteiger partial charge in [-0.15, -0.1) is 0 Å². The fraction of sp³-hybridized carbons (Fsp3) is 0.158. The summed E-state index contributed by atoms with van der Waals surface area (Å²) in [5, 5.41) is 8.99.